The van der Waals surface area contributed by atoms with Crippen LogP contribution in [0.2, 0.25) is 0 Å². The van der Waals surface area contributed by atoms with Crippen molar-refractivity contribution in [2.45, 2.75) is 6.42 Å². The summed E-state index contributed by atoms with van der Waals surface area (Å²) >= 11 is 1.30. The van der Waals surface area contributed by atoms with Gasteiger partial charge in [-0.15, -0.1) is 11.3 Å². The molecule has 1 aromatic heterocycles. The predicted molar refractivity (Wildman–Crippen MR) is 74.2 cm³/mol. The van der Waals surface area contributed by atoms with Crippen LogP contribution in [0.5, 0.6) is 5.75 Å². The van der Waals surface area contributed by atoms with Gasteiger partial charge < -0.3 is 15.2 Å². The van der Waals surface area contributed by atoms with Gasteiger partial charge in [-0.25, -0.2) is 4.98 Å². The highest BCUT2D eigenvalue weighted by Crippen LogP contribution is 2.31. The van der Waals surface area contributed by atoms with E-state index in [1.165, 1.54) is 18.4 Å². The van der Waals surface area contributed by atoms with Crippen LogP contribution in [0.4, 0.5) is 5.13 Å². The smallest absolute Gasteiger partial charge is 0.310 e. The van der Waals surface area contributed by atoms with Gasteiger partial charge in [0.15, 0.2) is 5.13 Å². The fourth-order valence-corrected chi connectivity index (χ4v) is 2.51. The van der Waals surface area contributed by atoms with E-state index in [-0.39, 0.29) is 12.4 Å². The Morgan fingerprint density at radius 3 is 2.58 bits per heavy atom. The molecule has 1 aromatic carbocycles. The van der Waals surface area contributed by atoms with Crippen LogP contribution < -0.4 is 10.5 Å². The van der Waals surface area contributed by atoms with E-state index in [4.69, 9.17) is 10.5 Å². The van der Waals surface area contributed by atoms with Crippen LogP contribution in [0.25, 0.3) is 11.3 Å². The highest BCUT2D eigenvalue weighted by Gasteiger charge is 2.15. The summed E-state index contributed by atoms with van der Waals surface area (Å²) in [6.45, 7) is 0. The van der Waals surface area contributed by atoms with Crippen molar-refractivity contribution in [1.82, 2.24) is 4.98 Å². The Hall–Kier alpha value is -2.08. The first-order valence-electron chi connectivity index (χ1n) is 5.60. The van der Waals surface area contributed by atoms with Crippen molar-refractivity contribution >= 4 is 22.4 Å². The van der Waals surface area contributed by atoms with Gasteiger partial charge in [-0.1, -0.05) is 0 Å². The summed E-state index contributed by atoms with van der Waals surface area (Å²) < 4.78 is 9.78. The highest BCUT2D eigenvalue weighted by atomic mass is 32.1. The highest BCUT2D eigenvalue weighted by molar-refractivity contribution is 7.15. The molecular weight excluding hydrogens is 264 g/mol. The van der Waals surface area contributed by atoms with Crippen LogP contribution in [0, 0.1) is 0 Å². The van der Waals surface area contributed by atoms with Crippen LogP contribution in [-0.4, -0.2) is 25.2 Å². The maximum Gasteiger partial charge on any atom is 0.310 e. The fraction of sp³-hybridized carbons (Fsp3) is 0.231. The fourth-order valence-electron chi connectivity index (χ4n) is 1.67. The van der Waals surface area contributed by atoms with Gasteiger partial charge in [-0.3, -0.25) is 4.79 Å². The number of nitrogen functional groups attached to an aromatic ring is 1. The first-order valence-corrected chi connectivity index (χ1v) is 6.42. The second-order valence-corrected chi connectivity index (χ2v) is 4.92. The van der Waals surface area contributed by atoms with Gasteiger partial charge in [0.25, 0.3) is 0 Å². The molecule has 0 aliphatic heterocycles. The number of hydrogen-bond acceptors (Lipinski definition) is 6. The molecule has 2 N–H and O–H groups in total. The zero-order valence-electron chi connectivity index (χ0n) is 10.7. The minimum atomic E-state index is -0.307. The van der Waals surface area contributed by atoms with Gasteiger partial charge in [0.05, 0.1) is 26.3 Å². The third-order valence-corrected chi connectivity index (χ3v) is 3.49. The summed E-state index contributed by atoms with van der Waals surface area (Å²) in [6, 6.07) is 7.45. The average molecular weight is 278 g/mol. The number of nitrogens with two attached hydrogens (primary N) is 1. The first kappa shape index (κ1) is 13.4. The Morgan fingerprint density at radius 1 is 1.32 bits per heavy atom. The number of hydrogen-bond donors (Lipinski definition) is 1. The van der Waals surface area contributed by atoms with Crippen LogP contribution >= 0.6 is 11.3 Å². The predicted octanol–water partition coefficient (Wildman–Crippen LogP) is 2.12. The molecular formula is C13H14N2O3S. The number of anilines is 1. The number of carbonyl (C=O) groups excluding carboxylic acids is 1. The molecule has 0 spiro atoms. The van der Waals surface area contributed by atoms with E-state index in [2.05, 4.69) is 9.72 Å². The molecule has 0 saturated heterocycles. The molecule has 0 aliphatic carbocycles. The number of aromatic nitrogens is 1. The molecule has 0 aliphatic rings. The molecule has 0 radical (unpaired) electrons. The number of benzene rings is 1. The Kier molecular flexibility index (Phi) is 4.01. The minimum Gasteiger partial charge on any atom is -0.497 e. The van der Waals surface area contributed by atoms with Crippen molar-refractivity contribution in [2.24, 2.45) is 0 Å². The Labute approximate surface area is 115 Å². The zero-order valence-corrected chi connectivity index (χ0v) is 11.5. The monoisotopic (exact) mass is 278 g/mol. The molecule has 0 atom stereocenters. The van der Waals surface area contributed by atoms with E-state index in [1.807, 2.05) is 24.3 Å². The van der Waals surface area contributed by atoms with Crippen LogP contribution in [0.3, 0.4) is 0 Å². The maximum absolute atomic E-state index is 11.4. The number of methoxy groups -OCH3 is 2. The van der Waals surface area contributed by atoms with Crippen molar-refractivity contribution < 1.29 is 14.3 Å². The summed E-state index contributed by atoms with van der Waals surface area (Å²) in [5.74, 6) is 0.458. The van der Waals surface area contributed by atoms with Crippen molar-refractivity contribution in [2.75, 3.05) is 20.0 Å². The van der Waals surface area contributed by atoms with Gasteiger partial charge in [-0.05, 0) is 24.3 Å². The zero-order chi connectivity index (χ0) is 13.8. The quantitative estimate of drug-likeness (QED) is 0.867. The van der Waals surface area contributed by atoms with E-state index in [0.29, 0.717) is 5.13 Å². The van der Waals surface area contributed by atoms with E-state index < -0.39 is 0 Å². The second-order valence-electron chi connectivity index (χ2n) is 3.81. The SMILES string of the molecule is COC(=O)Cc1sc(N)nc1-c1ccc(OC)cc1. The topological polar surface area (TPSA) is 74.4 Å². The molecule has 5 nitrogen and oxygen atoms in total. The lowest BCUT2D eigenvalue weighted by Crippen LogP contribution is -2.04. The van der Waals surface area contributed by atoms with Gasteiger partial charge in [0.1, 0.15) is 5.75 Å². The number of rotatable bonds is 4. The van der Waals surface area contributed by atoms with Crippen molar-refractivity contribution in [3.05, 3.63) is 29.1 Å². The molecule has 0 fully saturated rings. The number of thiazole rings is 1. The van der Waals surface area contributed by atoms with E-state index >= 15 is 0 Å². The number of esters is 1. The normalized spacial score (nSPS) is 10.2. The van der Waals surface area contributed by atoms with Crippen LogP contribution in [-0.2, 0) is 16.0 Å². The van der Waals surface area contributed by atoms with Gasteiger partial charge in [0.2, 0.25) is 0 Å². The third-order valence-electron chi connectivity index (χ3n) is 2.61. The molecule has 2 rings (SSSR count). The molecule has 0 unspecified atom stereocenters. The summed E-state index contributed by atoms with van der Waals surface area (Å²) in [6.07, 6.45) is 0.173. The van der Waals surface area contributed by atoms with Crippen LogP contribution in [0.1, 0.15) is 4.88 Å². The minimum absolute atomic E-state index is 0.173. The van der Waals surface area contributed by atoms with Gasteiger partial charge >= 0.3 is 5.97 Å². The molecule has 0 saturated carbocycles. The summed E-state index contributed by atoms with van der Waals surface area (Å²) in [7, 11) is 2.97. The van der Waals surface area contributed by atoms with Crippen molar-refractivity contribution in [3.8, 4) is 17.0 Å². The maximum atomic E-state index is 11.4. The molecule has 19 heavy (non-hydrogen) atoms. The van der Waals surface area contributed by atoms with E-state index in [0.717, 1.165) is 21.9 Å². The molecule has 0 amide bonds. The van der Waals surface area contributed by atoms with Crippen molar-refractivity contribution in [3.63, 3.8) is 0 Å². The number of carbonyl (C=O) groups is 1. The van der Waals surface area contributed by atoms with Gasteiger partial charge in [-0.2, -0.15) is 0 Å². The van der Waals surface area contributed by atoms with E-state index in [9.17, 15) is 4.79 Å². The van der Waals surface area contributed by atoms with Crippen LogP contribution in [0.15, 0.2) is 24.3 Å². The summed E-state index contributed by atoms with van der Waals surface area (Å²) in [4.78, 5) is 16.4. The number of ether oxygens (including phenoxy) is 2. The summed E-state index contributed by atoms with van der Waals surface area (Å²) in [5.41, 5.74) is 7.33. The standard InChI is InChI=1S/C13H14N2O3S/c1-17-9-5-3-8(4-6-9)12-10(7-11(16)18-2)19-13(14)15-12/h3-6H,7H2,1-2H3,(H2,14,15). The second kappa shape index (κ2) is 5.71. The first-order chi connectivity index (χ1) is 9.13. The average Bonchev–Trinajstić information content (AvgIpc) is 2.79. The lowest BCUT2D eigenvalue weighted by atomic mass is 10.1. The van der Waals surface area contributed by atoms with E-state index in [1.54, 1.807) is 7.11 Å². The Morgan fingerprint density at radius 2 is 2.00 bits per heavy atom. The number of nitrogens with zero attached hydrogens (tertiary/aromatic N) is 1. The van der Waals surface area contributed by atoms with Gasteiger partial charge in [0, 0.05) is 10.4 Å². The molecule has 100 valence electrons. The molecule has 6 heteroatoms. The largest absolute Gasteiger partial charge is 0.497 e. The molecule has 0 bridgehead atoms. The lowest BCUT2D eigenvalue weighted by Gasteiger charge is -2.03. The molecule has 1 heterocycles. The molecule has 2 aromatic rings. The summed E-state index contributed by atoms with van der Waals surface area (Å²) in [5, 5.41) is 0.435. The Bertz CT molecular complexity index is 578. The third kappa shape index (κ3) is 3.03. The Balaban J connectivity index is 2.34. The van der Waals surface area contributed by atoms with Crippen molar-refractivity contribution in [1.29, 1.82) is 0 Å². The lowest BCUT2D eigenvalue weighted by molar-refractivity contribution is -0.139.